The molecule has 0 aromatic heterocycles. The average Bonchev–Trinajstić information content (AvgIpc) is 2.36. The molecule has 1 N–H and O–H groups in total. The lowest BCUT2D eigenvalue weighted by Crippen LogP contribution is -2.42. The van der Waals surface area contributed by atoms with Crippen LogP contribution < -0.4 is 5.32 Å². The van der Waals surface area contributed by atoms with Crippen molar-refractivity contribution >= 4 is 18.5 Å². The van der Waals surface area contributed by atoms with Gasteiger partial charge in [0.25, 0.3) is 5.91 Å². The second-order valence-corrected chi connectivity index (χ2v) is 4.86. The Morgan fingerprint density at radius 1 is 1.33 bits per heavy atom. The molecule has 0 aliphatic carbocycles. The van der Waals surface area contributed by atoms with Crippen LogP contribution >= 0.6 is 12.6 Å². The molecule has 3 nitrogen and oxygen atoms in total. The number of benzene rings is 1. The number of nitrogens with zero attached hydrogens (tertiary/aromatic N) is 1. The summed E-state index contributed by atoms with van der Waals surface area (Å²) in [5, 5.41) is 3.01. The Morgan fingerprint density at radius 2 is 1.94 bits per heavy atom. The molecule has 1 amide bonds. The molecule has 0 aliphatic rings. The van der Waals surface area contributed by atoms with E-state index < -0.39 is 0 Å². The zero-order valence-corrected chi connectivity index (χ0v) is 12.2. The lowest BCUT2D eigenvalue weighted by molar-refractivity contribution is 0.0927. The number of amides is 1. The van der Waals surface area contributed by atoms with Gasteiger partial charge in [0.2, 0.25) is 0 Å². The lowest BCUT2D eigenvalue weighted by Gasteiger charge is -2.23. The quantitative estimate of drug-likeness (QED) is 0.775. The highest BCUT2D eigenvalue weighted by Gasteiger charge is 2.13. The van der Waals surface area contributed by atoms with E-state index in [1.54, 1.807) is 6.07 Å². The van der Waals surface area contributed by atoms with Gasteiger partial charge in [-0.2, -0.15) is 0 Å². The number of thiol groups is 1. The summed E-state index contributed by atoms with van der Waals surface area (Å²) in [6, 6.07) is 7.47. The van der Waals surface area contributed by atoms with Gasteiger partial charge in [0.05, 0.1) is 5.56 Å². The van der Waals surface area contributed by atoms with Crippen LogP contribution in [0.1, 0.15) is 31.1 Å². The molecule has 1 atom stereocenters. The molecule has 1 aromatic carbocycles. The third-order valence-corrected chi connectivity index (χ3v) is 3.34. The van der Waals surface area contributed by atoms with Gasteiger partial charge in [-0.25, -0.2) is 0 Å². The number of rotatable bonds is 6. The maximum atomic E-state index is 12.1. The summed E-state index contributed by atoms with van der Waals surface area (Å²) >= 11 is 4.30. The number of carbonyl (C=O) groups excluding carboxylic acids is 1. The molecule has 18 heavy (non-hydrogen) atoms. The maximum absolute atomic E-state index is 12.1. The predicted octanol–water partition coefficient (Wildman–Crippen LogP) is 2.44. The molecule has 0 aliphatic heterocycles. The minimum atomic E-state index is -0.0553. The summed E-state index contributed by atoms with van der Waals surface area (Å²) in [5.74, 6) is -0.0553. The molecule has 0 bridgehead atoms. The van der Waals surface area contributed by atoms with Crippen molar-refractivity contribution in [2.24, 2.45) is 0 Å². The first kappa shape index (κ1) is 15.1. The SMILES string of the molecule is CCN(CC)CC(C)NC(=O)c1ccccc1S. The minimum Gasteiger partial charge on any atom is -0.348 e. The summed E-state index contributed by atoms with van der Waals surface area (Å²) in [5.41, 5.74) is 0.632. The van der Waals surface area contributed by atoms with Crippen LogP contribution in [-0.4, -0.2) is 36.5 Å². The van der Waals surface area contributed by atoms with Gasteiger partial charge in [0, 0.05) is 17.5 Å². The fourth-order valence-corrected chi connectivity index (χ4v) is 2.14. The summed E-state index contributed by atoms with van der Waals surface area (Å²) in [7, 11) is 0. The van der Waals surface area contributed by atoms with Gasteiger partial charge in [0.1, 0.15) is 0 Å². The van der Waals surface area contributed by atoms with Crippen molar-refractivity contribution in [3.05, 3.63) is 29.8 Å². The van der Waals surface area contributed by atoms with Gasteiger partial charge >= 0.3 is 0 Å². The zero-order valence-electron chi connectivity index (χ0n) is 11.3. The molecule has 0 heterocycles. The molecule has 1 aromatic rings. The number of hydrogen-bond donors (Lipinski definition) is 2. The van der Waals surface area contributed by atoms with E-state index in [0.29, 0.717) is 10.5 Å². The number of likely N-dealkylation sites (N-methyl/N-ethyl adjacent to an activating group) is 1. The van der Waals surface area contributed by atoms with Gasteiger partial charge in [-0.05, 0) is 32.1 Å². The second kappa shape index (κ2) is 7.44. The van der Waals surface area contributed by atoms with Crippen molar-refractivity contribution in [3.8, 4) is 0 Å². The van der Waals surface area contributed by atoms with Crippen molar-refractivity contribution in [1.82, 2.24) is 10.2 Å². The molecule has 4 heteroatoms. The smallest absolute Gasteiger partial charge is 0.252 e. The predicted molar refractivity (Wildman–Crippen MR) is 78.4 cm³/mol. The van der Waals surface area contributed by atoms with Crippen LogP contribution in [0.5, 0.6) is 0 Å². The van der Waals surface area contributed by atoms with Crippen molar-refractivity contribution in [3.63, 3.8) is 0 Å². The van der Waals surface area contributed by atoms with E-state index in [2.05, 4.69) is 36.7 Å². The van der Waals surface area contributed by atoms with E-state index in [4.69, 9.17) is 0 Å². The highest BCUT2D eigenvalue weighted by atomic mass is 32.1. The highest BCUT2D eigenvalue weighted by molar-refractivity contribution is 7.80. The Balaban J connectivity index is 2.57. The Labute approximate surface area is 115 Å². The standard InChI is InChI=1S/C14H22N2OS/c1-4-16(5-2)10-11(3)15-14(17)12-8-6-7-9-13(12)18/h6-9,11,18H,4-5,10H2,1-3H3,(H,15,17). The fraction of sp³-hybridized carbons (Fsp3) is 0.500. The van der Waals surface area contributed by atoms with Gasteiger partial charge in [-0.15, -0.1) is 12.6 Å². The molecule has 1 rings (SSSR count). The lowest BCUT2D eigenvalue weighted by atomic mass is 10.2. The van der Waals surface area contributed by atoms with Crippen molar-refractivity contribution in [2.75, 3.05) is 19.6 Å². The van der Waals surface area contributed by atoms with Crippen LogP contribution in [-0.2, 0) is 0 Å². The van der Waals surface area contributed by atoms with Crippen LogP contribution in [0.15, 0.2) is 29.2 Å². The zero-order chi connectivity index (χ0) is 13.5. The second-order valence-electron chi connectivity index (χ2n) is 4.38. The van der Waals surface area contributed by atoms with E-state index in [1.807, 2.05) is 25.1 Å². The number of nitrogens with one attached hydrogen (secondary N) is 1. The first-order valence-corrected chi connectivity index (χ1v) is 6.84. The molecule has 1 unspecified atom stereocenters. The maximum Gasteiger partial charge on any atom is 0.252 e. The van der Waals surface area contributed by atoms with Gasteiger partial charge < -0.3 is 10.2 Å². The van der Waals surface area contributed by atoms with E-state index in [-0.39, 0.29) is 11.9 Å². The normalized spacial score (nSPS) is 12.5. The van der Waals surface area contributed by atoms with Gasteiger partial charge in [-0.1, -0.05) is 26.0 Å². The minimum absolute atomic E-state index is 0.0553. The first-order chi connectivity index (χ1) is 8.58. The molecule has 0 radical (unpaired) electrons. The summed E-state index contributed by atoms with van der Waals surface area (Å²) in [4.78, 5) is 15.1. The van der Waals surface area contributed by atoms with E-state index >= 15 is 0 Å². The van der Waals surface area contributed by atoms with Crippen LogP contribution in [0.3, 0.4) is 0 Å². The average molecular weight is 266 g/mol. The van der Waals surface area contributed by atoms with E-state index in [1.165, 1.54) is 0 Å². The molecule has 0 saturated heterocycles. The van der Waals surface area contributed by atoms with Crippen LogP contribution in [0.25, 0.3) is 0 Å². The van der Waals surface area contributed by atoms with E-state index in [0.717, 1.165) is 19.6 Å². The Morgan fingerprint density at radius 3 is 2.50 bits per heavy atom. The third kappa shape index (κ3) is 4.35. The largest absolute Gasteiger partial charge is 0.348 e. The first-order valence-electron chi connectivity index (χ1n) is 6.39. The monoisotopic (exact) mass is 266 g/mol. The molecule has 0 fully saturated rings. The summed E-state index contributed by atoms with van der Waals surface area (Å²) in [6.45, 7) is 9.15. The number of carbonyl (C=O) groups is 1. The topological polar surface area (TPSA) is 32.3 Å². The van der Waals surface area contributed by atoms with Crippen molar-refractivity contribution in [1.29, 1.82) is 0 Å². The Hall–Kier alpha value is -1.00. The molecular weight excluding hydrogens is 244 g/mol. The molecular formula is C14H22N2OS. The van der Waals surface area contributed by atoms with Gasteiger partial charge in [-0.3, -0.25) is 4.79 Å². The molecule has 100 valence electrons. The number of hydrogen-bond acceptors (Lipinski definition) is 3. The Kier molecular flexibility index (Phi) is 6.22. The van der Waals surface area contributed by atoms with Crippen molar-refractivity contribution in [2.45, 2.75) is 31.7 Å². The molecule has 0 spiro atoms. The Bertz CT molecular complexity index is 391. The summed E-state index contributed by atoms with van der Waals surface area (Å²) in [6.07, 6.45) is 0. The summed E-state index contributed by atoms with van der Waals surface area (Å²) < 4.78 is 0. The van der Waals surface area contributed by atoms with Crippen LogP contribution in [0.4, 0.5) is 0 Å². The van der Waals surface area contributed by atoms with Gasteiger partial charge in [0.15, 0.2) is 0 Å². The third-order valence-electron chi connectivity index (χ3n) is 2.95. The van der Waals surface area contributed by atoms with Crippen molar-refractivity contribution < 1.29 is 4.79 Å². The van der Waals surface area contributed by atoms with Crippen LogP contribution in [0.2, 0.25) is 0 Å². The van der Waals surface area contributed by atoms with E-state index in [9.17, 15) is 4.79 Å². The van der Waals surface area contributed by atoms with Crippen LogP contribution in [0, 0.1) is 0 Å². The fourth-order valence-electron chi connectivity index (χ4n) is 1.88. The highest BCUT2D eigenvalue weighted by Crippen LogP contribution is 2.12. The molecule has 0 saturated carbocycles.